The van der Waals surface area contributed by atoms with Gasteiger partial charge in [-0.25, -0.2) is 0 Å². The average Bonchev–Trinajstić information content (AvgIpc) is 3.13. The molecule has 3 rings (SSSR count). The zero-order chi connectivity index (χ0) is 13.4. The van der Waals surface area contributed by atoms with Gasteiger partial charge in [0.2, 0.25) is 0 Å². The molecule has 3 fully saturated rings. The van der Waals surface area contributed by atoms with Crippen LogP contribution in [0.3, 0.4) is 0 Å². The van der Waals surface area contributed by atoms with Crippen molar-refractivity contribution in [2.24, 2.45) is 17.8 Å². The highest BCUT2D eigenvalue weighted by Gasteiger charge is 2.42. The standard InChI is InChI=1S/C15H24N2O2/c1-10(13-9-11-4-5-12(13)8-11)16-14(18)15(19)17-6-2-3-7-17/h10-13H,2-9H2,1H3,(H,16,18). The zero-order valence-corrected chi connectivity index (χ0v) is 11.7. The quantitative estimate of drug-likeness (QED) is 0.769. The number of hydrogen-bond acceptors (Lipinski definition) is 2. The Morgan fingerprint density at radius 2 is 1.89 bits per heavy atom. The van der Waals surface area contributed by atoms with Crippen molar-refractivity contribution in [1.82, 2.24) is 10.2 Å². The minimum Gasteiger partial charge on any atom is -0.345 e. The van der Waals surface area contributed by atoms with Crippen LogP contribution in [0.4, 0.5) is 0 Å². The third-order valence-corrected chi connectivity index (χ3v) is 5.38. The number of fused-ring (bicyclic) bond motifs is 2. The van der Waals surface area contributed by atoms with Crippen molar-refractivity contribution in [3.8, 4) is 0 Å². The van der Waals surface area contributed by atoms with E-state index < -0.39 is 5.91 Å². The minimum absolute atomic E-state index is 0.148. The normalized spacial score (nSPS) is 34.6. The molecule has 1 N–H and O–H groups in total. The molecule has 1 heterocycles. The predicted molar refractivity (Wildman–Crippen MR) is 72.4 cm³/mol. The molecule has 0 aromatic rings. The van der Waals surface area contributed by atoms with Crippen LogP contribution < -0.4 is 5.32 Å². The van der Waals surface area contributed by atoms with Gasteiger partial charge in [-0.05, 0) is 56.8 Å². The molecule has 4 heteroatoms. The lowest BCUT2D eigenvalue weighted by atomic mass is 9.84. The number of amides is 2. The number of carbonyl (C=O) groups excluding carboxylic acids is 2. The highest BCUT2D eigenvalue weighted by atomic mass is 16.2. The molecule has 2 saturated carbocycles. The maximum atomic E-state index is 12.0. The molecule has 4 unspecified atom stereocenters. The first-order valence-corrected chi connectivity index (χ1v) is 7.75. The number of rotatable bonds is 2. The van der Waals surface area contributed by atoms with Gasteiger partial charge in [-0.3, -0.25) is 9.59 Å². The summed E-state index contributed by atoms with van der Waals surface area (Å²) in [5.74, 6) is 1.53. The van der Waals surface area contributed by atoms with E-state index in [1.54, 1.807) is 4.90 Å². The summed E-state index contributed by atoms with van der Waals surface area (Å²) < 4.78 is 0. The smallest absolute Gasteiger partial charge is 0.311 e. The second-order valence-corrected chi connectivity index (χ2v) is 6.60. The van der Waals surface area contributed by atoms with Crippen LogP contribution in [-0.4, -0.2) is 35.8 Å². The van der Waals surface area contributed by atoms with Gasteiger partial charge < -0.3 is 10.2 Å². The van der Waals surface area contributed by atoms with Gasteiger partial charge in [-0.2, -0.15) is 0 Å². The lowest BCUT2D eigenvalue weighted by Gasteiger charge is -2.28. The Kier molecular flexibility index (Phi) is 3.50. The predicted octanol–water partition coefficient (Wildman–Crippen LogP) is 1.55. The van der Waals surface area contributed by atoms with Crippen molar-refractivity contribution in [3.05, 3.63) is 0 Å². The lowest BCUT2D eigenvalue weighted by Crippen LogP contribution is -2.47. The number of likely N-dealkylation sites (tertiary alicyclic amines) is 1. The lowest BCUT2D eigenvalue weighted by molar-refractivity contribution is -0.145. The van der Waals surface area contributed by atoms with Crippen molar-refractivity contribution < 1.29 is 9.59 Å². The number of hydrogen-bond donors (Lipinski definition) is 1. The molecule has 0 radical (unpaired) electrons. The average molecular weight is 264 g/mol. The Hall–Kier alpha value is -1.06. The third-order valence-electron chi connectivity index (χ3n) is 5.38. The molecule has 2 bridgehead atoms. The van der Waals surface area contributed by atoms with E-state index in [4.69, 9.17) is 0 Å². The second kappa shape index (κ2) is 5.14. The molecule has 4 atom stereocenters. The number of nitrogens with one attached hydrogen (secondary N) is 1. The minimum atomic E-state index is -0.392. The summed E-state index contributed by atoms with van der Waals surface area (Å²) in [6, 6.07) is 0.148. The summed E-state index contributed by atoms with van der Waals surface area (Å²) in [5.41, 5.74) is 0. The van der Waals surface area contributed by atoms with Crippen LogP contribution in [0.15, 0.2) is 0 Å². The summed E-state index contributed by atoms with van der Waals surface area (Å²) in [7, 11) is 0. The van der Waals surface area contributed by atoms with Gasteiger partial charge in [0.05, 0.1) is 0 Å². The van der Waals surface area contributed by atoms with Gasteiger partial charge in [0, 0.05) is 19.1 Å². The van der Waals surface area contributed by atoms with E-state index in [-0.39, 0.29) is 11.9 Å². The van der Waals surface area contributed by atoms with E-state index in [0.29, 0.717) is 5.92 Å². The first-order valence-electron chi connectivity index (χ1n) is 7.75. The van der Waals surface area contributed by atoms with Crippen molar-refractivity contribution in [1.29, 1.82) is 0 Å². The van der Waals surface area contributed by atoms with Crippen LogP contribution in [0.2, 0.25) is 0 Å². The fourth-order valence-electron chi connectivity index (χ4n) is 4.35. The molecule has 2 aliphatic carbocycles. The van der Waals surface area contributed by atoms with Crippen molar-refractivity contribution in [3.63, 3.8) is 0 Å². The van der Waals surface area contributed by atoms with E-state index in [2.05, 4.69) is 12.2 Å². The van der Waals surface area contributed by atoms with Gasteiger partial charge in [0.15, 0.2) is 0 Å². The Balaban J connectivity index is 1.52. The SMILES string of the molecule is CC(NC(=O)C(=O)N1CCCC1)C1CC2CCC1C2. The van der Waals surface area contributed by atoms with E-state index in [0.717, 1.165) is 37.8 Å². The molecular weight excluding hydrogens is 240 g/mol. The fourth-order valence-corrected chi connectivity index (χ4v) is 4.35. The molecule has 0 aromatic heterocycles. The van der Waals surface area contributed by atoms with Crippen LogP contribution in [0.5, 0.6) is 0 Å². The summed E-state index contributed by atoms with van der Waals surface area (Å²) in [6.45, 7) is 3.56. The van der Waals surface area contributed by atoms with Gasteiger partial charge in [-0.1, -0.05) is 6.42 Å². The van der Waals surface area contributed by atoms with Crippen LogP contribution in [0.1, 0.15) is 45.4 Å². The van der Waals surface area contributed by atoms with Gasteiger partial charge in [-0.15, -0.1) is 0 Å². The first-order chi connectivity index (χ1) is 9.15. The molecule has 19 heavy (non-hydrogen) atoms. The van der Waals surface area contributed by atoms with Crippen molar-refractivity contribution in [2.45, 2.75) is 51.5 Å². The molecule has 3 aliphatic rings. The zero-order valence-electron chi connectivity index (χ0n) is 11.7. The summed E-state index contributed by atoms with van der Waals surface area (Å²) in [5, 5.41) is 2.95. The number of nitrogens with zero attached hydrogens (tertiary/aromatic N) is 1. The third kappa shape index (κ3) is 2.49. The summed E-state index contributed by atoms with van der Waals surface area (Å²) >= 11 is 0. The Morgan fingerprint density at radius 3 is 2.47 bits per heavy atom. The molecule has 106 valence electrons. The number of carbonyl (C=O) groups is 2. The van der Waals surface area contributed by atoms with Gasteiger partial charge in [0.1, 0.15) is 0 Å². The maximum absolute atomic E-state index is 12.0. The van der Waals surface area contributed by atoms with E-state index in [1.807, 2.05) is 0 Å². The second-order valence-electron chi connectivity index (χ2n) is 6.60. The summed E-state index contributed by atoms with van der Waals surface area (Å²) in [4.78, 5) is 25.7. The topological polar surface area (TPSA) is 49.4 Å². The molecule has 1 aliphatic heterocycles. The van der Waals surface area contributed by atoms with Crippen LogP contribution in [0, 0.1) is 17.8 Å². The van der Waals surface area contributed by atoms with Gasteiger partial charge in [0.25, 0.3) is 0 Å². The highest BCUT2D eigenvalue weighted by molar-refractivity contribution is 6.35. The summed E-state index contributed by atoms with van der Waals surface area (Å²) in [6.07, 6.45) is 7.32. The van der Waals surface area contributed by atoms with Crippen molar-refractivity contribution in [2.75, 3.05) is 13.1 Å². The van der Waals surface area contributed by atoms with Crippen molar-refractivity contribution >= 4 is 11.8 Å². The monoisotopic (exact) mass is 264 g/mol. The Bertz CT molecular complexity index is 376. The molecule has 0 aromatic carbocycles. The maximum Gasteiger partial charge on any atom is 0.311 e. The Labute approximate surface area is 114 Å². The Morgan fingerprint density at radius 1 is 1.16 bits per heavy atom. The van der Waals surface area contributed by atoms with E-state index in [9.17, 15) is 9.59 Å². The largest absolute Gasteiger partial charge is 0.345 e. The molecule has 2 amide bonds. The molecule has 0 spiro atoms. The first kappa shape index (κ1) is 12.9. The van der Waals surface area contributed by atoms with Crippen LogP contribution >= 0.6 is 0 Å². The molecule has 1 saturated heterocycles. The fraction of sp³-hybridized carbons (Fsp3) is 0.867. The van der Waals surface area contributed by atoms with E-state index in [1.165, 1.54) is 25.7 Å². The van der Waals surface area contributed by atoms with Crippen LogP contribution in [-0.2, 0) is 9.59 Å². The molecule has 4 nitrogen and oxygen atoms in total. The van der Waals surface area contributed by atoms with Crippen LogP contribution in [0.25, 0.3) is 0 Å². The molecular formula is C15H24N2O2. The van der Waals surface area contributed by atoms with E-state index >= 15 is 0 Å². The highest BCUT2D eigenvalue weighted by Crippen LogP contribution is 2.49. The van der Waals surface area contributed by atoms with Gasteiger partial charge >= 0.3 is 11.8 Å².